The van der Waals surface area contributed by atoms with Gasteiger partial charge < -0.3 is 10.5 Å². The maximum atomic E-state index is 7.32. The predicted octanol–water partition coefficient (Wildman–Crippen LogP) is 2.47. The lowest BCUT2D eigenvalue weighted by Crippen LogP contribution is -2.39. The van der Waals surface area contributed by atoms with Crippen LogP contribution in [0.25, 0.3) is 0 Å². The van der Waals surface area contributed by atoms with E-state index in [1.54, 1.807) is 12.1 Å². The van der Waals surface area contributed by atoms with Gasteiger partial charge in [0.2, 0.25) is 0 Å². The van der Waals surface area contributed by atoms with Gasteiger partial charge in [-0.25, -0.2) is 0 Å². The summed E-state index contributed by atoms with van der Waals surface area (Å²) in [5.41, 5.74) is 6.13. The Balaban J connectivity index is 2.46. The first-order valence-electron chi connectivity index (χ1n) is 6.74. The third-order valence-electron chi connectivity index (χ3n) is 3.11. The standard InChI is InChI=1S/C15H25N3O/c1-11(2)18(12(3)4)9-10-19-14-7-5-13(6-8-14)15(16)17/h5-8,11-12H,9-10H2,1-4H3,(H3,16,17). The van der Waals surface area contributed by atoms with E-state index in [1.807, 2.05) is 12.1 Å². The quantitative estimate of drug-likeness (QED) is 0.587. The van der Waals surface area contributed by atoms with Gasteiger partial charge in [0.05, 0.1) is 0 Å². The van der Waals surface area contributed by atoms with Crippen LogP contribution in [0, 0.1) is 5.41 Å². The summed E-state index contributed by atoms with van der Waals surface area (Å²) < 4.78 is 5.72. The molecule has 0 aliphatic rings. The van der Waals surface area contributed by atoms with Crippen LogP contribution in [0.1, 0.15) is 33.3 Å². The van der Waals surface area contributed by atoms with Crippen molar-refractivity contribution in [3.8, 4) is 5.75 Å². The smallest absolute Gasteiger partial charge is 0.122 e. The van der Waals surface area contributed by atoms with Crippen molar-refractivity contribution in [3.63, 3.8) is 0 Å². The van der Waals surface area contributed by atoms with Crippen LogP contribution in [0.5, 0.6) is 5.75 Å². The summed E-state index contributed by atoms with van der Waals surface area (Å²) in [7, 11) is 0. The number of hydrogen-bond acceptors (Lipinski definition) is 3. The average molecular weight is 263 g/mol. The first-order chi connectivity index (χ1) is 8.91. The van der Waals surface area contributed by atoms with Crippen LogP contribution in [0.3, 0.4) is 0 Å². The van der Waals surface area contributed by atoms with Crippen molar-refractivity contribution in [2.45, 2.75) is 39.8 Å². The van der Waals surface area contributed by atoms with E-state index in [4.69, 9.17) is 15.9 Å². The molecule has 0 saturated carbocycles. The Morgan fingerprint density at radius 1 is 1.16 bits per heavy atom. The van der Waals surface area contributed by atoms with Crippen molar-refractivity contribution in [1.29, 1.82) is 5.41 Å². The Bertz CT molecular complexity index is 390. The molecule has 0 atom stereocenters. The maximum Gasteiger partial charge on any atom is 0.122 e. The van der Waals surface area contributed by atoms with Crippen LogP contribution in [-0.4, -0.2) is 36.0 Å². The molecule has 0 saturated heterocycles. The van der Waals surface area contributed by atoms with Crippen molar-refractivity contribution >= 4 is 5.84 Å². The predicted molar refractivity (Wildman–Crippen MR) is 79.9 cm³/mol. The normalized spacial score (nSPS) is 11.3. The zero-order valence-corrected chi connectivity index (χ0v) is 12.3. The molecule has 0 radical (unpaired) electrons. The van der Waals surface area contributed by atoms with Crippen molar-refractivity contribution in [1.82, 2.24) is 4.90 Å². The highest BCUT2D eigenvalue weighted by molar-refractivity contribution is 5.94. The van der Waals surface area contributed by atoms with Gasteiger partial charge in [0, 0.05) is 24.2 Å². The second kappa shape index (κ2) is 7.14. The van der Waals surface area contributed by atoms with E-state index in [0.29, 0.717) is 18.7 Å². The first-order valence-corrected chi connectivity index (χ1v) is 6.74. The van der Waals surface area contributed by atoms with E-state index in [-0.39, 0.29) is 5.84 Å². The van der Waals surface area contributed by atoms with E-state index < -0.39 is 0 Å². The number of nitrogens with zero attached hydrogens (tertiary/aromatic N) is 1. The Morgan fingerprint density at radius 3 is 2.11 bits per heavy atom. The van der Waals surface area contributed by atoms with Gasteiger partial charge in [0.1, 0.15) is 18.2 Å². The zero-order chi connectivity index (χ0) is 14.4. The van der Waals surface area contributed by atoms with Crippen molar-refractivity contribution in [2.24, 2.45) is 5.73 Å². The van der Waals surface area contributed by atoms with Crippen molar-refractivity contribution in [2.75, 3.05) is 13.2 Å². The minimum atomic E-state index is 0.0809. The molecule has 4 heteroatoms. The molecular weight excluding hydrogens is 238 g/mol. The van der Waals surface area contributed by atoms with E-state index in [0.717, 1.165) is 17.9 Å². The second-order valence-corrected chi connectivity index (χ2v) is 5.21. The third-order valence-corrected chi connectivity index (χ3v) is 3.11. The molecule has 0 aliphatic heterocycles. The SMILES string of the molecule is CC(C)N(CCOc1ccc(C(=N)N)cc1)C(C)C. The molecule has 0 amide bonds. The summed E-state index contributed by atoms with van der Waals surface area (Å²) in [4.78, 5) is 2.39. The number of nitrogens with two attached hydrogens (primary N) is 1. The highest BCUT2D eigenvalue weighted by Crippen LogP contribution is 2.12. The molecule has 1 aromatic carbocycles. The molecule has 1 rings (SSSR count). The lowest BCUT2D eigenvalue weighted by molar-refractivity contribution is 0.142. The fourth-order valence-electron chi connectivity index (χ4n) is 2.11. The molecule has 1 aromatic rings. The van der Waals surface area contributed by atoms with Gasteiger partial charge in [-0.15, -0.1) is 0 Å². The maximum absolute atomic E-state index is 7.32. The fourth-order valence-corrected chi connectivity index (χ4v) is 2.11. The first kappa shape index (κ1) is 15.5. The molecular formula is C15H25N3O. The molecule has 4 nitrogen and oxygen atoms in total. The lowest BCUT2D eigenvalue weighted by atomic mass is 10.2. The number of nitrogen functional groups attached to an aromatic ring is 1. The number of hydrogen-bond donors (Lipinski definition) is 2. The number of rotatable bonds is 7. The second-order valence-electron chi connectivity index (χ2n) is 5.21. The molecule has 0 heterocycles. The minimum Gasteiger partial charge on any atom is -0.492 e. The molecule has 106 valence electrons. The summed E-state index contributed by atoms with van der Waals surface area (Å²) >= 11 is 0. The Labute approximate surface area is 116 Å². The van der Waals surface area contributed by atoms with Crippen LogP contribution < -0.4 is 10.5 Å². The molecule has 0 aromatic heterocycles. The van der Waals surface area contributed by atoms with Crippen molar-refractivity contribution in [3.05, 3.63) is 29.8 Å². The molecule has 3 N–H and O–H groups in total. The van der Waals surface area contributed by atoms with Gasteiger partial charge in [-0.1, -0.05) is 0 Å². The summed E-state index contributed by atoms with van der Waals surface area (Å²) in [5, 5.41) is 7.32. The molecule has 0 aliphatic carbocycles. The topological polar surface area (TPSA) is 62.3 Å². The number of amidine groups is 1. The zero-order valence-electron chi connectivity index (χ0n) is 12.3. The summed E-state index contributed by atoms with van der Waals surface area (Å²) in [5.74, 6) is 0.898. The summed E-state index contributed by atoms with van der Waals surface area (Å²) in [6.07, 6.45) is 0. The van der Waals surface area contributed by atoms with Crippen molar-refractivity contribution < 1.29 is 4.74 Å². The van der Waals surface area contributed by atoms with Crippen LogP contribution >= 0.6 is 0 Å². The molecule has 19 heavy (non-hydrogen) atoms. The average Bonchev–Trinajstić information content (AvgIpc) is 2.34. The van der Waals surface area contributed by atoms with Crippen LogP contribution in [0.15, 0.2) is 24.3 Å². The Kier molecular flexibility index (Phi) is 5.83. The van der Waals surface area contributed by atoms with E-state index in [9.17, 15) is 0 Å². The molecule has 0 fully saturated rings. The lowest BCUT2D eigenvalue weighted by Gasteiger charge is -2.30. The van der Waals surface area contributed by atoms with Gasteiger partial charge in [-0.05, 0) is 52.0 Å². The Morgan fingerprint density at radius 2 is 1.68 bits per heavy atom. The van der Waals surface area contributed by atoms with Gasteiger partial charge in [0.25, 0.3) is 0 Å². The monoisotopic (exact) mass is 263 g/mol. The van der Waals surface area contributed by atoms with Gasteiger partial charge >= 0.3 is 0 Å². The fraction of sp³-hybridized carbons (Fsp3) is 0.533. The van der Waals surface area contributed by atoms with Gasteiger partial charge in [-0.3, -0.25) is 10.3 Å². The van der Waals surface area contributed by atoms with Crippen LogP contribution in [0.4, 0.5) is 0 Å². The Hall–Kier alpha value is -1.55. The molecule has 0 spiro atoms. The highest BCUT2D eigenvalue weighted by Gasteiger charge is 2.12. The summed E-state index contributed by atoms with van der Waals surface area (Å²) in [6.45, 7) is 10.4. The number of benzene rings is 1. The summed E-state index contributed by atoms with van der Waals surface area (Å²) in [6, 6.07) is 8.35. The molecule has 0 bridgehead atoms. The van der Waals surface area contributed by atoms with E-state index in [2.05, 4.69) is 32.6 Å². The largest absolute Gasteiger partial charge is 0.492 e. The number of ether oxygens (including phenoxy) is 1. The highest BCUT2D eigenvalue weighted by atomic mass is 16.5. The number of nitrogens with one attached hydrogen (secondary N) is 1. The van der Waals surface area contributed by atoms with Gasteiger partial charge in [0.15, 0.2) is 0 Å². The van der Waals surface area contributed by atoms with E-state index in [1.165, 1.54) is 0 Å². The van der Waals surface area contributed by atoms with Crippen LogP contribution in [-0.2, 0) is 0 Å². The minimum absolute atomic E-state index is 0.0809. The van der Waals surface area contributed by atoms with Gasteiger partial charge in [-0.2, -0.15) is 0 Å². The van der Waals surface area contributed by atoms with Crippen LogP contribution in [0.2, 0.25) is 0 Å². The third kappa shape index (κ3) is 4.91. The van der Waals surface area contributed by atoms with E-state index >= 15 is 0 Å². The molecule has 0 unspecified atom stereocenters.